The quantitative estimate of drug-likeness (QED) is 0.752. The second-order valence-corrected chi connectivity index (χ2v) is 8.08. The number of aryl methyl sites for hydroxylation is 1. The Bertz CT molecular complexity index is 688. The molecular weight excluding hydrogens is 334 g/mol. The predicted molar refractivity (Wildman–Crippen MR) is 90.3 cm³/mol. The minimum absolute atomic E-state index is 0.175. The van der Waals surface area contributed by atoms with E-state index < -0.39 is 21.7 Å². The third-order valence-corrected chi connectivity index (χ3v) is 3.93. The maximum atomic E-state index is 12.2. The first-order valence-electron chi connectivity index (χ1n) is 7.33. The highest BCUT2D eigenvalue weighted by molar-refractivity contribution is 7.92. The number of hydrogen-bond donors (Lipinski definition) is 0. The first-order valence-corrected chi connectivity index (χ1v) is 9.18. The summed E-state index contributed by atoms with van der Waals surface area (Å²) in [4.78, 5) is 23.4. The van der Waals surface area contributed by atoms with E-state index in [-0.39, 0.29) is 18.1 Å². The average Bonchev–Trinajstić information content (AvgIpc) is 2.42. The van der Waals surface area contributed by atoms with Gasteiger partial charge in [-0.15, -0.1) is 0 Å². The molecule has 0 saturated carbocycles. The molecule has 0 fully saturated rings. The van der Waals surface area contributed by atoms with Crippen molar-refractivity contribution in [2.45, 2.75) is 39.2 Å². The predicted octanol–water partition coefficient (Wildman–Crippen LogP) is 2.49. The molecule has 0 N–H and O–H groups in total. The van der Waals surface area contributed by atoms with Crippen molar-refractivity contribution in [2.24, 2.45) is 0 Å². The summed E-state index contributed by atoms with van der Waals surface area (Å²) in [7, 11) is -2.53. The lowest BCUT2D eigenvalue weighted by atomic mass is 10.1. The van der Waals surface area contributed by atoms with Gasteiger partial charge in [-0.1, -0.05) is 12.1 Å². The second-order valence-electron chi connectivity index (χ2n) is 6.25. The van der Waals surface area contributed by atoms with Crippen LogP contribution in [0.1, 0.15) is 32.8 Å². The van der Waals surface area contributed by atoms with E-state index in [4.69, 9.17) is 4.74 Å². The Hall–Kier alpha value is -2.09. The number of rotatable bonds is 5. The molecule has 1 amide bonds. The van der Waals surface area contributed by atoms with Crippen molar-refractivity contribution in [2.75, 3.05) is 17.7 Å². The van der Waals surface area contributed by atoms with Crippen molar-refractivity contribution in [1.82, 2.24) is 0 Å². The van der Waals surface area contributed by atoms with E-state index in [1.165, 1.54) is 19.2 Å². The fraction of sp³-hybridized carbons (Fsp3) is 0.500. The molecule has 0 atom stereocenters. The minimum Gasteiger partial charge on any atom is -0.469 e. The Morgan fingerprint density at radius 2 is 1.67 bits per heavy atom. The van der Waals surface area contributed by atoms with Gasteiger partial charge in [0.05, 0.1) is 19.1 Å². The molecule has 1 aromatic carbocycles. The summed E-state index contributed by atoms with van der Waals surface area (Å²) in [6.07, 6.45) is 0.644. The number of anilines is 1. The molecule has 0 heterocycles. The average molecular weight is 357 g/mol. The Morgan fingerprint density at radius 3 is 2.08 bits per heavy atom. The van der Waals surface area contributed by atoms with Gasteiger partial charge < -0.3 is 9.47 Å². The number of carbonyl (C=O) groups is 2. The van der Waals surface area contributed by atoms with Crippen LogP contribution in [0.3, 0.4) is 0 Å². The number of hydrogen-bond acceptors (Lipinski definition) is 6. The minimum atomic E-state index is -3.85. The monoisotopic (exact) mass is 357 g/mol. The highest BCUT2D eigenvalue weighted by Gasteiger charge is 2.30. The third kappa shape index (κ3) is 6.19. The number of benzene rings is 1. The molecule has 134 valence electrons. The standard InChI is InChI=1S/C16H23NO6S/c1-16(2,3)23-15(19)17(24(5,20)21)13-9-6-12(7-10-13)8-11-14(18)22-4/h6-7,9-10H,8,11H2,1-5H3. The normalized spacial score (nSPS) is 11.7. The first kappa shape index (κ1) is 20.0. The molecule has 0 aliphatic rings. The summed E-state index contributed by atoms with van der Waals surface area (Å²) in [5.41, 5.74) is 0.177. The molecule has 0 saturated heterocycles. The lowest BCUT2D eigenvalue weighted by Gasteiger charge is -2.26. The highest BCUT2D eigenvalue weighted by Crippen LogP contribution is 2.22. The summed E-state index contributed by atoms with van der Waals surface area (Å²) in [5, 5.41) is 0. The van der Waals surface area contributed by atoms with E-state index in [9.17, 15) is 18.0 Å². The molecule has 0 aliphatic carbocycles. The number of nitrogens with zero attached hydrogens (tertiary/aromatic N) is 1. The van der Waals surface area contributed by atoms with Crippen molar-refractivity contribution in [3.8, 4) is 0 Å². The van der Waals surface area contributed by atoms with Crippen LogP contribution in [0.5, 0.6) is 0 Å². The van der Waals surface area contributed by atoms with Crippen LogP contribution < -0.4 is 4.31 Å². The molecule has 8 heteroatoms. The first-order chi connectivity index (χ1) is 10.9. The molecule has 7 nitrogen and oxygen atoms in total. The molecule has 0 bridgehead atoms. The number of ether oxygens (including phenoxy) is 2. The van der Waals surface area contributed by atoms with Crippen LogP contribution in [0.4, 0.5) is 10.5 Å². The largest absolute Gasteiger partial charge is 0.469 e. The molecule has 24 heavy (non-hydrogen) atoms. The lowest BCUT2D eigenvalue weighted by Crippen LogP contribution is -2.40. The lowest BCUT2D eigenvalue weighted by molar-refractivity contribution is -0.140. The maximum Gasteiger partial charge on any atom is 0.428 e. The van der Waals surface area contributed by atoms with E-state index in [0.29, 0.717) is 10.7 Å². The number of esters is 1. The van der Waals surface area contributed by atoms with Gasteiger partial charge in [0.1, 0.15) is 5.60 Å². The van der Waals surface area contributed by atoms with Crippen molar-refractivity contribution < 1.29 is 27.5 Å². The second kappa shape index (κ2) is 7.65. The molecule has 0 radical (unpaired) electrons. The van der Waals surface area contributed by atoms with E-state index in [0.717, 1.165) is 11.8 Å². The Morgan fingerprint density at radius 1 is 1.12 bits per heavy atom. The van der Waals surface area contributed by atoms with Gasteiger partial charge in [0.15, 0.2) is 0 Å². The Kier molecular flexibility index (Phi) is 6.36. The van der Waals surface area contributed by atoms with Crippen LogP contribution >= 0.6 is 0 Å². The maximum absolute atomic E-state index is 12.2. The molecule has 0 aromatic heterocycles. The van der Waals surface area contributed by atoms with Crippen LogP contribution in [-0.2, 0) is 30.7 Å². The van der Waals surface area contributed by atoms with Gasteiger partial charge in [0.2, 0.25) is 10.0 Å². The fourth-order valence-corrected chi connectivity index (χ4v) is 2.69. The zero-order chi connectivity index (χ0) is 18.5. The Labute approximate surface area is 142 Å². The number of carbonyl (C=O) groups excluding carboxylic acids is 2. The zero-order valence-corrected chi connectivity index (χ0v) is 15.3. The van der Waals surface area contributed by atoms with Gasteiger partial charge in [0, 0.05) is 6.42 Å². The summed E-state index contributed by atoms with van der Waals surface area (Å²) < 4.78 is 34.3. The highest BCUT2D eigenvalue weighted by atomic mass is 32.2. The molecule has 0 spiro atoms. The number of amides is 1. The number of sulfonamides is 1. The van der Waals surface area contributed by atoms with Crippen LogP contribution in [0, 0.1) is 0 Å². The van der Waals surface area contributed by atoms with E-state index in [2.05, 4.69) is 4.74 Å². The van der Waals surface area contributed by atoms with Crippen LogP contribution in [-0.4, -0.2) is 39.4 Å². The van der Waals surface area contributed by atoms with Crippen molar-refractivity contribution in [3.05, 3.63) is 29.8 Å². The fourth-order valence-electron chi connectivity index (χ4n) is 1.88. The van der Waals surface area contributed by atoms with E-state index >= 15 is 0 Å². The van der Waals surface area contributed by atoms with E-state index in [1.54, 1.807) is 32.9 Å². The van der Waals surface area contributed by atoms with Crippen molar-refractivity contribution >= 4 is 27.8 Å². The topological polar surface area (TPSA) is 90.0 Å². The smallest absolute Gasteiger partial charge is 0.428 e. The SMILES string of the molecule is COC(=O)CCc1ccc(N(C(=O)OC(C)(C)C)S(C)(=O)=O)cc1. The zero-order valence-electron chi connectivity index (χ0n) is 14.5. The summed E-state index contributed by atoms with van der Waals surface area (Å²) in [5.74, 6) is -0.328. The number of methoxy groups -OCH3 is 1. The third-order valence-electron chi connectivity index (χ3n) is 2.91. The summed E-state index contributed by atoms with van der Waals surface area (Å²) in [6.45, 7) is 4.96. The van der Waals surface area contributed by atoms with Crippen LogP contribution in [0.25, 0.3) is 0 Å². The summed E-state index contributed by atoms with van der Waals surface area (Å²) >= 11 is 0. The molecule has 1 rings (SSSR count). The van der Waals surface area contributed by atoms with Gasteiger partial charge in [-0.05, 0) is 44.9 Å². The molecule has 0 unspecified atom stereocenters. The van der Waals surface area contributed by atoms with E-state index in [1.807, 2.05) is 0 Å². The van der Waals surface area contributed by atoms with Crippen LogP contribution in [0.2, 0.25) is 0 Å². The van der Waals surface area contributed by atoms with Gasteiger partial charge in [-0.2, -0.15) is 4.31 Å². The van der Waals surface area contributed by atoms with Gasteiger partial charge in [-0.3, -0.25) is 4.79 Å². The van der Waals surface area contributed by atoms with Crippen molar-refractivity contribution in [3.63, 3.8) is 0 Å². The van der Waals surface area contributed by atoms with Gasteiger partial charge in [-0.25, -0.2) is 13.2 Å². The van der Waals surface area contributed by atoms with Gasteiger partial charge in [0.25, 0.3) is 0 Å². The molecular formula is C16H23NO6S. The molecule has 0 aliphatic heterocycles. The Balaban J connectivity index is 3.00. The van der Waals surface area contributed by atoms with Gasteiger partial charge >= 0.3 is 12.1 Å². The van der Waals surface area contributed by atoms with Crippen molar-refractivity contribution in [1.29, 1.82) is 0 Å². The molecule has 1 aromatic rings. The summed E-state index contributed by atoms with van der Waals surface area (Å²) in [6, 6.07) is 6.30. The van der Waals surface area contributed by atoms with Crippen LogP contribution in [0.15, 0.2) is 24.3 Å².